The van der Waals surface area contributed by atoms with E-state index in [1.54, 1.807) is 10.6 Å². The van der Waals surface area contributed by atoms with E-state index in [2.05, 4.69) is 5.32 Å². The molecule has 2 N–H and O–H groups in total. The summed E-state index contributed by atoms with van der Waals surface area (Å²) in [5, 5.41) is 14.6. The summed E-state index contributed by atoms with van der Waals surface area (Å²) < 4.78 is 7.39. The number of aromatic nitrogens is 2. The van der Waals surface area contributed by atoms with E-state index in [1.807, 2.05) is 103 Å². The normalized spacial score (nSPS) is 11.8. The van der Waals surface area contributed by atoms with Crippen LogP contribution in [0.3, 0.4) is 0 Å². The number of ether oxygens (including phenoxy) is 1. The van der Waals surface area contributed by atoms with Crippen molar-refractivity contribution in [3.63, 3.8) is 0 Å². The van der Waals surface area contributed by atoms with E-state index in [0.717, 1.165) is 22.6 Å². The molecule has 0 aliphatic rings. The molecule has 5 rings (SSSR count). The number of hydrogen-bond donors (Lipinski definition) is 2. The molecule has 0 aliphatic carbocycles. The van der Waals surface area contributed by atoms with Crippen molar-refractivity contribution in [2.24, 2.45) is 0 Å². The van der Waals surface area contributed by atoms with Gasteiger partial charge in [0.25, 0.3) is 5.56 Å². The molecule has 1 aromatic heterocycles. The van der Waals surface area contributed by atoms with Crippen LogP contribution in [-0.2, 0) is 13.2 Å². The number of hydrogen-bond acceptors (Lipinski definition) is 5. The Kier molecular flexibility index (Phi) is 7.05. The first-order chi connectivity index (χ1) is 17.7. The van der Waals surface area contributed by atoms with E-state index < -0.39 is 6.10 Å². The summed E-state index contributed by atoms with van der Waals surface area (Å²) in [5.74, 6) is 1.31. The second kappa shape index (κ2) is 10.9. The van der Waals surface area contributed by atoms with Gasteiger partial charge >= 0.3 is 0 Å². The van der Waals surface area contributed by atoms with Crippen LogP contribution in [0.5, 0.6) is 5.75 Å². The topological polar surface area (TPSA) is 76.4 Å². The molecule has 4 aromatic carbocycles. The molecule has 0 fully saturated rings. The van der Waals surface area contributed by atoms with Crippen molar-refractivity contribution in [1.82, 2.24) is 9.55 Å². The number of rotatable bonds is 9. The summed E-state index contributed by atoms with van der Waals surface area (Å²) >= 11 is 0. The van der Waals surface area contributed by atoms with Gasteiger partial charge in [-0.15, -0.1) is 0 Å². The zero-order valence-corrected chi connectivity index (χ0v) is 19.7. The minimum Gasteiger partial charge on any atom is -0.489 e. The lowest BCUT2D eigenvalue weighted by atomic mass is 10.1. The smallest absolute Gasteiger partial charge is 0.261 e. The fourth-order valence-corrected chi connectivity index (χ4v) is 4.07. The lowest BCUT2D eigenvalue weighted by Crippen LogP contribution is -2.32. The first-order valence-corrected chi connectivity index (χ1v) is 11.9. The van der Waals surface area contributed by atoms with Gasteiger partial charge in [0.1, 0.15) is 18.2 Å². The standard InChI is InChI=1S/C30H27N3O3/c34-25(19-31-24-15-17-26(18-16-24)36-21-22-9-3-1-4-10-22)20-33-29(23-11-5-2-6-12-23)32-28-14-8-7-13-27(28)30(33)35/h1-18,25,31,34H,19-21H2. The van der Waals surface area contributed by atoms with Crippen molar-refractivity contribution in [2.75, 3.05) is 11.9 Å². The largest absolute Gasteiger partial charge is 0.489 e. The van der Waals surface area contributed by atoms with Gasteiger partial charge in [-0.25, -0.2) is 4.98 Å². The Balaban J connectivity index is 1.27. The Morgan fingerprint density at radius 1 is 0.833 bits per heavy atom. The van der Waals surface area contributed by atoms with Crippen molar-refractivity contribution in [1.29, 1.82) is 0 Å². The summed E-state index contributed by atoms with van der Waals surface area (Å²) in [7, 11) is 0. The third-order valence-electron chi connectivity index (χ3n) is 5.93. The predicted octanol–water partition coefficient (Wildman–Crippen LogP) is 5.12. The lowest BCUT2D eigenvalue weighted by molar-refractivity contribution is 0.165. The van der Waals surface area contributed by atoms with Crippen LogP contribution >= 0.6 is 0 Å². The molecule has 0 saturated carbocycles. The van der Waals surface area contributed by atoms with Crippen LogP contribution in [-0.4, -0.2) is 27.3 Å². The molecule has 1 unspecified atom stereocenters. The molecule has 36 heavy (non-hydrogen) atoms. The number of nitrogens with one attached hydrogen (secondary N) is 1. The second-order valence-corrected chi connectivity index (χ2v) is 8.57. The van der Waals surface area contributed by atoms with Crippen LogP contribution in [0.4, 0.5) is 5.69 Å². The minimum atomic E-state index is -0.804. The highest BCUT2D eigenvalue weighted by molar-refractivity contribution is 5.79. The molecule has 0 aliphatic heterocycles. The van der Waals surface area contributed by atoms with Crippen LogP contribution in [0.15, 0.2) is 114 Å². The van der Waals surface area contributed by atoms with Gasteiger partial charge < -0.3 is 15.2 Å². The number of aliphatic hydroxyl groups excluding tert-OH is 1. The van der Waals surface area contributed by atoms with Gasteiger partial charge in [-0.1, -0.05) is 72.8 Å². The van der Waals surface area contributed by atoms with E-state index in [1.165, 1.54) is 0 Å². The molecular weight excluding hydrogens is 450 g/mol. The Morgan fingerprint density at radius 2 is 1.50 bits per heavy atom. The SMILES string of the molecule is O=c1c2ccccc2nc(-c2ccccc2)n1CC(O)CNc1ccc(OCc2ccccc2)cc1. The van der Waals surface area contributed by atoms with Crippen molar-refractivity contribution < 1.29 is 9.84 Å². The summed E-state index contributed by atoms with van der Waals surface area (Å²) in [6, 6.07) is 34.5. The second-order valence-electron chi connectivity index (χ2n) is 8.57. The highest BCUT2D eigenvalue weighted by atomic mass is 16.5. The molecule has 1 heterocycles. The molecule has 0 spiro atoms. The van der Waals surface area contributed by atoms with E-state index >= 15 is 0 Å². The zero-order valence-electron chi connectivity index (χ0n) is 19.7. The van der Waals surface area contributed by atoms with Crippen LogP contribution in [0, 0.1) is 0 Å². The van der Waals surface area contributed by atoms with Crippen LogP contribution in [0.1, 0.15) is 5.56 Å². The number of para-hydroxylation sites is 1. The third-order valence-corrected chi connectivity index (χ3v) is 5.93. The number of aliphatic hydroxyl groups is 1. The molecular formula is C30H27N3O3. The summed E-state index contributed by atoms with van der Waals surface area (Å²) in [5.41, 5.74) is 3.26. The van der Waals surface area contributed by atoms with Crippen LogP contribution < -0.4 is 15.6 Å². The molecule has 0 saturated heterocycles. The average Bonchev–Trinajstić information content (AvgIpc) is 2.94. The Labute approximate surface area is 209 Å². The summed E-state index contributed by atoms with van der Waals surface area (Å²) in [6.07, 6.45) is -0.804. The Morgan fingerprint density at radius 3 is 2.25 bits per heavy atom. The maximum atomic E-state index is 13.3. The Bertz CT molecular complexity index is 1480. The van der Waals surface area contributed by atoms with E-state index in [4.69, 9.17) is 9.72 Å². The van der Waals surface area contributed by atoms with Gasteiger partial charge in [0, 0.05) is 17.8 Å². The van der Waals surface area contributed by atoms with E-state index in [9.17, 15) is 9.90 Å². The molecule has 0 bridgehead atoms. The maximum absolute atomic E-state index is 13.3. The van der Waals surface area contributed by atoms with Gasteiger partial charge in [0.05, 0.1) is 23.6 Å². The highest BCUT2D eigenvalue weighted by Gasteiger charge is 2.16. The first kappa shape index (κ1) is 23.3. The molecule has 0 amide bonds. The fourth-order valence-electron chi connectivity index (χ4n) is 4.07. The van der Waals surface area contributed by atoms with E-state index in [-0.39, 0.29) is 18.6 Å². The fraction of sp³-hybridized carbons (Fsp3) is 0.133. The van der Waals surface area contributed by atoms with Crippen LogP contribution in [0.25, 0.3) is 22.3 Å². The van der Waals surface area contributed by atoms with Crippen molar-refractivity contribution >= 4 is 16.6 Å². The summed E-state index contributed by atoms with van der Waals surface area (Å²) in [6.45, 7) is 0.897. The lowest BCUT2D eigenvalue weighted by Gasteiger charge is -2.18. The van der Waals surface area contributed by atoms with Crippen molar-refractivity contribution in [2.45, 2.75) is 19.3 Å². The van der Waals surface area contributed by atoms with Gasteiger partial charge in [-0.3, -0.25) is 9.36 Å². The van der Waals surface area contributed by atoms with Gasteiger partial charge in [0.2, 0.25) is 0 Å². The maximum Gasteiger partial charge on any atom is 0.261 e. The highest BCUT2D eigenvalue weighted by Crippen LogP contribution is 2.20. The average molecular weight is 478 g/mol. The number of nitrogens with zero attached hydrogens (tertiary/aromatic N) is 2. The molecule has 6 nitrogen and oxygen atoms in total. The Hall–Kier alpha value is -4.42. The number of fused-ring (bicyclic) bond motifs is 1. The van der Waals surface area contributed by atoms with Gasteiger partial charge in [-0.05, 0) is 42.0 Å². The minimum absolute atomic E-state index is 0.117. The third kappa shape index (κ3) is 5.45. The van der Waals surface area contributed by atoms with Crippen LogP contribution in [0.2, 0.25) is 0 Å². The monoisotopic (exact) mass is 477 g/mol. The first-order valence-electron chi connectivity index (χ1n) is 11.9. The summed E-state index contributed by atoms with van der Waals surface area (Å²) in [4.78, 5) is 18.1. The number of anilines is 1. The molecule has 1 atom stereocenters. The quantitative estimate of drug-likeness (QED) is 0.308. The number of benzene rings is 4. The molecule has 5 aromatic rings. The molecule has 0 radical (unpaired) electrons. The molecule has 180 valence electrons. The predicted molar refractivity (Wildman–Crippen MR) is 143 cm³/mol. The molecule has 6 heteroatoms. The zero-order chi connectivity index (χ0) is 24.7. The van der Waals surface area contributed by atoms with Crippen molar-refractivity contribution in [3.05, 3.63) is 125 Å². The van der Waals surface area contributed by atoms with E-state index in [0.29, 0.717) is 23.3 Å². The van der Waals surface area contributed by atoms with Crippen molar-refractivity contribution in [3.8, 4) is 17.1 Å². The van der Waals surface area contributed by atoms with Gasteiger partial charge in [-0.2, -0.15) is 0 Å². The van der Waals surface area contributed by atoms with Gasteiger partial charge in [0.15, 0.2) is 0 Å².